The fourth-order valence-electron chi connectivity index (χ4n) is 2.49. The molecule has 4 heteroatoms. The number of carbonyl (C=O) groups is 1. The third-order valence-electron chi connectivity index (χ3n) is 3.58. The molecular weight excluding hydrogens is 228 g/mol. The Morgan fingerprint density at radius 1 is 1.33 bits per heavy atom. The van der Waals surface area contributed by atoms with Gasteiger partial charge in [0.25, 0.3) is 0 Å². The maximum atomic E-state index is 12.4. The van der Waals surface area contributed by atoms with Crippen LogP contribution < -0.4 is 5.73 Å². The van der Waals surface area contributed by atoms with E-state index in [1.165, 1.54) is 12.8 Å². The molecule has 100 valence electrons. The quantitative estimate of drug-likeness (QED) is 0.886. The van der Waals surface area contributed by atoms with E-state index in [2.05, 4.69) is 0 Å². The minimum absolute atomic E-state index is 0.144. The van der Waals surface area contributed by atoms with Crippen molar-refractivity contribution in [3.63, 3.8) is 0 Å². The summed E-state index contributed by atoms with van der Waals surface area (Å²) in [6.07, 6.45) is 6.94. The molecule has 0 bridgehead atoms. The highest BCUT2D eigenvalue weighted by Crippen LogP contribution is 2.15. The second kappa shape index (κ2) is 6.59. The van der Waals surface area contributed by atoms with E-state index in [9.17, 15) is 4.79 Å². The predicted molar refractivity (Wildman–Crippen MR) is 70.0 cm³/mol. The Hall–Kier alpha value is -1.29. The molecule has 0 aromatic carbocycles. The van der Waals surface area contributed by atoms with Crippen LogP contribution in [0.15, 0.2) is 22.8 Å². The summed E-state index contributed by atoms with van der Waals surface area (Å²) in [5.41, 5.74) is 5.75. The van der Waals surface area contributed by atoms with Crippen molar-refractivity contribution in [2.45, 2.75) is 32.1 Å². The number of rotatable bonds is 4. The van der Waals surface area contributed by atoms with Crippen LogP contribution in [-0.2, 0) is 11.2 Å². The molecule has 2 rings (SSSR count). The van der Waals surface area contributed by atoms with E-state index < -0.39 is 0 Å². The van der Waals surface area contributed by atoms with Gasteiger partial charge in [0.05, 0.1) is 12.2 Å². The van der Waals surface area contributed by atoms with E-state index in [0.717, 1.165) is 31.7 Å². The average molecular weight is 250 g/mol. The van der Waals surface area contributed by atoms with Crippen LogP contribution in [-0.4, -0.2) is 30.4 Å². The summed E-state index contributed by atoms with van der Waals surface area (Å²) < 4.78 is 5.30. The van der Waals surface area contributed by atoms with Gasteiger partial charge in [0.15, 0.2) is 0 Å². The van der Waals surface area contributed by atoms with Crippen LogP contribution in [0.4, 0.5) is 0 Å². The second-order valence-corrected chi connectivity index (χ2v) is 4.96. The standard InChI is InChI=1S/C14H22N2O2/c15-11-12(10-13-6-5-9-18-13)14(17)16-7-3-1-2-4-8-16/h5-6,9,12H,1-4,7-8,10-11,15H2. The summed E-state index contributed by atoms with van der Waals surface area (Å²) in [5, 5.41) is 0. The zero-order chi connectivity index (χ0) is 12.8. The third kappa shape index (κ3) is 3.35. The van der Waals surface area contributed by atoms with E-state index in [1.54, 1.807) is 6.26 Å². The van der Waals surface area contributed by atoms with Gasteiger partial charge in [0.2, 0.25) is 5.91 Å². The lowest BCUT2D eigenvalue weighted by atomic mass is 10.0. The molecule has 2 heterocycles. The Morgan fingerprint density at radius 3 is 2.61 bits per heavy atom. The zero-order valence-electron chi connectivity index (χ0n) is 10.8. The molecular formula is C14H22N2O2. The first-order chi connectivity index (χ1) is 8.81. The largest absolute Gasteiger partial charge is 0.469 e. The molecule has 0 radical (unpaired) electrons. The molecule has 0 saturated carbocycles. The number of nitrogens with two attached hydrogens (primary N) is 1. The Labute approximate surface area is 108 Å². The average Bonchev–Trinajstić information content (AvgIpc) is 2.75. The van der Waals surface area contributed by atoms with Crippen molar-refractivity contribution < 1.29 is 9.21 Å². The number of furan rings is 1. The van der Waals surface area contributed by atoms with Crippen molar-refractivity contribution in [3.05, 3.63) is 24.2 Å². The van der Waals surface area contributed by atoms with Crippen molar-refractivity contribution in [3.8, 4) is 0 Å². The fraction of sp³-hybridized carbons (Fsp3) is 0.643. The first-order valence-corrected chi connectivity index (χ1v) is 6.82. The van der Waals surface area contributed by atoms with Gasteiger partial charge in [-0.1, -0.05) is 12.8 Å². The molecule has 2 N–H and O–H groups in total. The molecule has 1 fully saturated rings. The van der Waals surface area contributed by atoms with Crippen LogP contribution in [0.5, 0.6) is 0 Å². The van der Waals surface area contributed by atoms with Gasteiger partial charge in [0.1, 0.15) is 5.76 Å². The number of nitrogens with zero attached hydrogens (tertiary/aromatic N) is 1. The topological polar surface area (TPSA) is 59.5 Å². The van der Waals surface area contributed by atoms with E-state index in [1.807, 2.05) is 17.0 Å². The van der Waals surface area contributed by atoms with Gasteiger partial charge in [0, 0.05) is 26.1 Å². The van der Waals surface area contributed by atoms with Gasteiger partial charge in [-0.15, -0.1) is 0 Å². The van der Waals surface area contributed by atoms with Gasteiger partial charge < -0.3 is 15.1 Å². The van der Waals surface area contributed by atoms with E-state index in [-0.39, 0.29) is 11.8 Å². The summed E-state index contributed by atoms with van der Waals surface area (Å²) in [6, 6.07) is 3.75. The summed E-state index contributed by atoms with van der Waals surface area (Å²) >= 11 is 0. The lowest BCUT2D eigenvalue weighted by molar-refractivity contribution is -0.135. The van der Waals surface area contributed by atoms with Crippen molar-refractivity contribution in [2.24, 2.45) is 11.7 Å². The Balaban J connectivity index is 1.95. The number of likely N-dealkylation sites (tertiary alicyclic amines) is 1. The Kier molecular flexibility index (Phi) is 4.81. The van der Waals surface area contributed by atoms with E-state index in [4.69, 9.17) is 10.2 Å². The molecule has 1 amide bonds. The molecule has 0 aliphatic carbocycles. The Morgan fingerprint density at radius 2 is 2.06 bits per heavy atom. The van der Waals surface area contributed by atoms with Crippen LogP contribution in [0, 0.1) is 5.92 Å². The van der Waals surface area contributed by atoms with Crippen molar-refractivity contribution in [1.29, 1.82) is 0 Å². The number of carbonyl (C=O) groups excluding carboxylic acids is 1. The lowest BCUT2D eigenvalue weighted by Crippen LogP contribution is -2.40. The molecule has 1 aromatic rings. The van der Waals surface area contributed by atoms with Crippen molar-refractivity contribution in [1.82, 2.24) is 4.90 Å². The van der Waals surface area contributed by atoms with Gasteiger partial charge in [-0.2, -0.15) is 0 Å². The van der Waals surface area contributed by atoms with Gasteiger partial charge in [-0.05, 0) is 25.0 Å². The Bertz CT molecular complexity index is 354. The molecule has 1 saturated heterocycles. The van der Waals surface area contributed by atoms with E-state index >= 15 is 0 Å². The molecule has 1 atom stereocenters. The summed E-state index contributed by atoms with van der Waals surface area (Å²) in [4.78, 5) is 14.4. The van der Waals surface area contributed by atoms with Gasteiger partial charge >= 0.3 is 0 Å². The van der Waals surface area contributed by atoms with Crippen LogP contribution in [0.25, 0.3) is 0 Å². The summed E-state index contributed by atoms with van der Waals surface area (Å²) in [5.74, 6) is 0.888. The number of amides is 1. The smallest absolute Gasteiger partial charge is 0.227 e. The maximum Gasteiger partial charge on any atom is 0.227 e. The first-order valence-electron chi connectivity index (χ1n) is 6.82. The van der Waals surface area contributed by atoms with Crippen LogP contribution in [0.2, 0.25) is 0 Å². The summed E-state index contributed by atoms with van der Waals surface area (Å²) in [6.45, 7) is 2.15. The highest BCUT2D eigenvalue weighted by Gasteiger charge is 2.24. The molecule has 4 nitrogen and oxygen atoms in total. The van der Waals surface area contributed by atoms with Crippen molar-refractivity contribution >= 4 is 5.91 Å². The second-order valence-electron chi connectivity index (χ2n) is 4.96. The van der Waals surface area contributed by atoms with Crippen LogP contribution in [0.1, 0.15) is 31.4 Å². The maximum absolute atomic E-state index is 12.4. The van der Waals surface area contributed by atoms with E-state index in [0.29, 0.717) is 13.0 Å². The molecule has 0 spiro atoms. The molecule has 1 aromatic heterocycles. The highest BCUT2D eigenvalue weighted by atomic mass is 16.3. The molecule has 1 aliphatic heterocycles. The lowest BCUT2D eigenvalue weighted by Gasteiger charge is -2.25. The fourth-order valence-corrected chi connectivity index (χ4v) is 2.49. The first kappa shape index (κ1) is 13.1. The molecule has 18 heavy (non-hydrogen) atoms. The van der Waals surface area contributed by atoms with Crippen LogP contribution >= 0.6 is 0 Å². The normalized spacial score (nSPS) is 18.4. The molecule has 1 aliphatic rings. The number of hydrogen-bond acceptors (Lipinski definition) is 3. The number of hydrogen-bond donors (Lipinski definition) is 1. The molecule has 1 unspecified atom stereocenters. The monoisotopic (exact) mass is 250 g/mol. The summed E-state index contributed by atoms with van der Waals surface area (Å²) in [7, 11) is 0. The van der Waals surface area contributed by atoms with Crippen LogP contribution in [0.3, 0.4) is 0 Å². The SMILES string of the molecule is NCC(Cc1ccco1)C(=O)N1CCCCCC1. The highest BCUT2D eigenvalue weighted by molar-refractivity contribution is 5.79. The predicted octanol–water partition coefficient (Wildman–Crippen LogP) is 1.80. The third-order valence-corrected chi connectivity index (χ3v) is 3.58. The van der Waals surface area contributed by atoms with Crippen molar-refractivity contribution in [2.75, 3.05) is 19.6 Å². The van der Waals surface area contributed by atoms with Gasteiger partial charge in [-0.3, -0.25) is 4.79 Å². The zero-order valence-corrected chi connectivity index (χ0v) is 10.8. The van der Waals surface area contributed by atoms with Gasteiger partial charge in [-0.25, -0.2) is 0 Å². The minimum atomic E-state index is -0.144. The minimum Gasteiger partial charge on any atom is -0.469 e.